The molecule has 1 amide bonds. The van der Waals surface area contributed by atoms with Crippen LogP contribution in [0.3, 0.4) is 0 Å². The zero-order valence-electron chi connectivity index (χ0n) is 11.5. The van der Waals surface area contributed by atoms with Crippen LogP contribution in [-0.2, 0) is 14.3 Å². The smallest absolute Gasteiger partial charge is 0.328 e. The molecule has 1 aliphatic heterocycles. The number of carbonyl (C=O) groups excluding carboxylic acids is 1. The molecule has 1 aromatic carbocycles. The molecule has 1 aromatic rings. The van der Waals surface area contributed by atoms with Crippen molar-refractivity contribution in [2.24, 2.45) is 5.92 Å². The lowest BCUT2D eigenvalue weighted by atomic mass is 9.88. The third-order valence-electron chi connectivity index (χ3n) is 3.56. The molecule has 21 heavy (non-hydrogen) atoms. The molecule has 2 rings (SSSR count). The highest BCUT2D eigenvalue weighted by Gasteiger charge is 2.34. The summed E-state index contributed by atoms with van der Waals surface area (Å²) in [6.45, 7) is -0.584. The number of hydrogen-bond donors (Lipinski definition) is 2. The minimum absolute atomic E-state index is 0.422. The number of nitrogens with one attached hydrogen (secondary N) is 1. The van der Waals surface area contributed by atoms with Gasteiger partial charge in [0.2, 0.25) is 5.91 Å². The van der Waals surface area contributed by atoms with Gasteiger partial charge in [-0.2, -0.15) is 0 Å². The van der Waals surface area contributed by atoms with Crippen LogP contribution >= 0.6 is 0 Å². The van der Waals surface area contributed by atoms with Gasteiger partial charge in [-0.05, 0) is 18.4 Å². The first-order valence-corrected chi connectivity index (χ1v) is 6.89. The van der Waals surface area contributed by atoms with Gasteiger partial charge >= 0.3 is 5.97 Å². The Morgan fingerprint density at radius 2 is 2.10 bits per heavy atom. The number of carboxylic acid groups (broad SMARTS) is 1. The van der Waals surface area contributed by atoms with Crippen molar-refractivity contribution < 1.29 is 23.8 Å². The van der Waals surface area contributed by atoms with Crippen molar-refractivity contribution in [3.05, 3.63) is 35.9 Å². The van der Waals surface area contributed by atoms with E-state index in [2.05, 4.69) is 5.32 Å². The van der Waals surface area contributed by atoms with Crippen LogP contribution in [0.5, 0.6) is 0 Å². The summed E-state index contributed by atoms with van der Waals surface area (Å²) in [4.78, 5) is 23.0. The summed E-state index contributed by atoms with van der Waals surface area (Å²) < 4.78 is 18.3. The zero-order valence-corrected chi connectivity index (χ0v) is 11.5. The number of halogens is 1. The lowest BCUT2D eigenvalue weighted by molar-refractivity contribution is -0.145. The van der Waals surface area contributed by atoms with Crippen molar-refractivity contribution in [2.75, 3.05) is 13.3 Å². The molecule has 0 radical (unpaired) electrons. The van der Waals surface area contributed by atoms with Crippen LogP contribution < -0.4 is 5.32 Å². The highest BCUT2D eigenvalue weighted by Crippen LogP contribution is 2.33. The van der Waals surface area contributed by atoms with E-state index in [9.17, 15) is 14.0 Å². The Hall–Kier alpha value is -1.95. The summed E-state index contributed by atoms with van der Waals surface area (Å²) in [7, 11) is 0. The predicted octanol–water partition coefficient (Wildman–Crippen LogP) is 1.69. The number of carboxylic acids is 1. The fourth-order valence-corrected chi connectivity index (χ4v) is 2.47. The van der Waals surface area contributed by atoms with Gasteiger partial charge in [-0.3, -0.25) is 4.79 Å². The standard InChI is InChI=1S/C15H18FNO4/c16-9-12(15(19)20)17-14(18)11-7-4-8-21-13(11)10-5-2-1-3-6-10/h1-3,5-6,11-13H,4,7-9H2,(H,17,18)(H,19,20). The van der Waals surface area contributed by atoms with Crippen molar-refractivity contribution in [1.29, 1.82) is 0 Å². The maximum atomic E-state index is 12.6. The Morgan fingerprint density at radius 1 is 1.38 bits per heavy atom. The highest BCUT2D eigenvalue weighted by molar-refractivity contribution is 5.85. The van der Waals surface area contributed by atoms with Gasteiger partial charge in [0, 0.05) is 6.61 Å². The van der Waals surface area contributed by atoms with Crippen LogP contribution in [-0.4, -0.2) is 36.3 Å². The molecule has 3 unspecified atom stereocenters. The second-order valence-corrected chi connectivity index (χ2v) is 5.00. The van der Waals surface area contributed by atoms with E-state index in [0.717, 1.165) is 12.0 Å². The SMILES string of the molecule is O=C(O)C(CF)NC(=O)C1CCCOC1c1ccccc1. The van der Waals surface area contributed by atoms with E-state index in [-0.39, 0.29) is 0 Å². The van der Waals surface area contributed by atoms with Gasteiger partial charge in [-0.15, -0.1) is 0 Å². The quantitative estimate of drug-likeness (QED) is 0.867. The maximum Gasteiger partial charge on any atom is 0.328 e. The molecule has 0 aliphatic carbocycles. The second-order valence-electron chi connectivity index (χ2n) is 5.00. The fourth-order valence-electron chi connectivity index (χ4n) is 2.47. The Bertz CT molecular complexity index is 494. The average Bonchev–Trinajstić information content (AvgIpc) is 2.53. The van der Waals surface area contributed by atoms with Gasteiger partial charge in [0.25, 0.3) is 0 Å². The lowest BCUT2D eigenvalue weighted by Crippen LogP contribution is -2.47. The minimum Gasteiger partial charge on any atom is -0.480 e. The van der Waals surface area contributed by atoms with Crippen LogP contribution in [0.15, 0.2) is 30.3 Å². The molecule has 0 saturated carbocycles. The van der Waals surface area contributed by atoms with E-state index < -0.39 is 36.6 Å². The molecule has 1 saturated heterocycles. The van der Waals surface area contributed by atoms with Crippen molar-refractivity contribution >= 4 is 11.9 Å². The van der Waals surface area contributed by atoms with E-state index >= 15 is 0 Å². The molecular formula is C15H18FNO4. The summed E-state index contributed by atoms with van der Waals surface area (Å²) >= 11 is 0. The number of aliphatic carboxylic acids is 1. The average molecular weight is 295 g/mol. The molecule has 0 spiro atoms. The number of benzene rings is 1. The zero-order chi connectivity index (χ0) is 15.2. The Labute approximate surface area is 122 Å². The lowest BCUT2D eigenvalue weighted by Gasteiger charge is -2.31. The number of rotatable bonds is 5. The summed E-state index contributed by atoms with van der Waals surface area (Å²) in [5, 5.41) is 11.1. The second kappa shape index (κ2) is 7.17. The first-order chi connectivity index (χ1) is 10.1. The van der Waals surface area contributed by atoms with Crippen LogP contribution in [0.25, 0.3) is 0 Å². The van der Waals surface area contributed by atoms with E-state index in [1.807, 2.05) is 30.3 Å². The predicted molar refractivity (Wildman–Crippen MR) is 73.4 cm³/mol. The monoisotopic (exact) mass is 295 g/mol. The van der Waals surface area contributed by atoms with E-state index in [1.165, 1.54) is 0 Å². The Balaban J connectivity index is 2.11. The Kier molecular flexibility index (Phi) is 5.27. The molecule has 114 valence electrons. The normalized spacial score (nSPS) is 23.3. The fraction of sp³-hybridized carbons (Fsp3) is 0.467. The number of carbonyl (C=O) groups is 2. The van der Waals surface area contributed by atoms with Crippen molar-refractivity contribution in [3.63, 3.8) is 0 Å². The van der Waals surface area contributed by atoms with E-state index in [1.54, 1.807) is 0 Å². The molecule has 1 aliphatic rings. The first kappa shape index (κ1) is 15.4. The summed E-state index contributed by atoms with van der Waals surface area (Å²) in [5.74, 6) is -2.36. The van der Waals surface area contributed by atoms with Crippen molar-refractivity contribution in [1.82, 2.24) is 5.32 Å². The largest absolute Gasteiger partial charge is 0.480 e. The summed E-state index contributed by atoms with van der Waals surface area (Å²) in [6, 6.07) is 7.79. The van der Waals surface area contributed by atoms with Gasteiger partial charge in [-0.25, -0.2) is 9.18 Å². The number of hydrogen-bond acceptors (Lipinski definition) is 3. The third kappa shape index (κ3) is 3.78. The van der Waals surface area contributed by atoms with Gasteiger partial charge in [-0.1, -0.05) is 30.3 Å². The topological polar surface area (TPSA) is 75.6 Å². The van der Waals surface area contributed by atoms with Gasteiger partial charge in [0.05, 0.1) is 12.0 Å². The molecule has 0 aromatic heterocycles. The summed E-state index contributed by atoms with van der Waals surface area (Å²) in [5.41, 5.74) is 0.865. The van der Waals surface area contributed by atoms with E-state index in [4.69, 9.17) is 9.84 Å². The number of alkyl halides is 1. The van der Waals surface area contributed by atoms with Crippen LogP contribution in [0.2, 0.25) is 0 Å². The van der Waals surface area contributed by atoms with E-state index in [0.29, 0.717) is 13.0 Å². The highest BCUT2D eigenvalue weighted by atomic mass is 19.1. The molecule has 3 atom stereocenters. The molecule has 5 nitrogen and oxygen atoms in total. The molecule has 2 N–H and O–H groups in total. The molecule has 0 bridgehead atoms. The van der Waals surface area contributed by atoms with Gasteiger partial charge in [0.1, 0.15) is 6.67 Å². The van der Waals surface area contributed by atoms with Gasteiger partial charge in [0.15, 0.2) is 6.04 Å². The third-order valence-corrected chi connectivity index (χ3v) is 3.56. The minimum atomic E-state index is -1.50. The molecule has 6 heteroatoms. The molecule has 1 fully saturated rings. The van der Waals surface area contributed by atoms with Crippen molar-refractivity contribution in [2.45, 2.75) is 25.0 Å². The molecular weight excluding hydrogens is 277 g/mol. The van der Waals surface area contributed by atoms with Crippen LogP contribution in [0.4, 0.5) is 4.39 Å². The number of ether oxygens (including phenoxy) is 1. The number of amides is 1. The van der Waals surface area contributed by atoms with Gasteiger partial charge < -0.3 is 15.2 Å². The van der Waals surface area contributed by atoms with Crippen LogP contribution in [0, 0.1) is 5.92 Å². The first-order valence-electron chi connectivity index (χ1n) is 6.89. The van der Waals surface area contributed by atoms with Crippen LogP contribution in [0.1, 0.15) is 24.5 Å². The molecule has 1 heterocycles. The Morgan fingerprint density at radius 3 is 2.71 bits per heavy atom. The summed E-state index contributed by atoms with van der Waals surface area (Å²) in [6.07, 6.45) is 0.882. The maximum absolute atomic E-state index is 12.6. The van der Waals surface area contributed by atoms with Crippen molar-refractivity contribution in [3.8, 4) is 0 Å².